The van der Waals surface area contributed by atoms with Crippen LogP contribution in [0.1, 0.15) is 27.7 Å². The normalized spacial score (nSPS) is 40.3. The van der Waals surface area contributed by atoms with Gasteiger partial charge in [-0.05, 0) is 27.7 Å². The summed E-state index contributed by atoms with van der Waals surface area (Å²) >= 11 is 0. The van der Waals surface area contributed by atoms with Crippen molar-refractivity contribution in [2.24, 2.45) is 0 Å². The summed E-state index contributed by atoms with van der Waals surface area (Å²) in [5, 5.41) is 0. The molecular formula is C12H24O4. The SMILES string of the molecule is CO[C@@H]1C(OC(C)C)[C@@H](OC)[C@H](C)O[C@H]1C. The maximum absolute atomic E-state index is 5.91. The van der Waals surface area contributed by atoms with Gasteiger partial charge in [0.2, 0.25) is 0 Å². The smallest absolute Gasteiger partial charge is 0.115 e. The van der Waals surface area contributed by atoms with E-state index in [0.29, 0.717) is 0 Å². The highest BCUT2D eigenvalue weighted by molar-refractivity contribution is 4.92. The number of hydrogen-bond acceptors (Lipinski definition) is 4. The van der Waals surface area contributed by atoms with Gasteiger partial charge in [0.1, 0.15) is 18.3 Å². The minimum Gasteiger partial charge on any atom is -0.376 e. The van der Waals surface area contributed by atoms with E-state index >= 15 is 0 Å². The lowest BCUT2D eigenvalue weighted by molar-refractivity contribution is -0.246. The van der Waals surface area contributed by atoms with Gasteiger partial charge in [-0.1, -0.05) is 0 Å². The Morgan fingerprint density at radius 2 is 1.31 bits per heavy atom. The van der Waals surface area contributed by atoms with Gasteiger partial charge in [-0.2, -0.15) is 0 Å². The van der Waals surface area contributed by atoms with Crippen molar-refractivity contribution in [3.05, 3.63) is 0 Å². The molecule has 0 unspecified atom stereocenters. The van der Waals surface area contributed by atoms with Crippen molar-refractivity contribution in [1.82, 2.24) is 0 Å². The monoisotopic (exact) mass is 232 g/mol. The van der Waals surface area contributed by atoms with Gasteiger partial charge in [-0.15, -0.1) is 0 Å². The largest absolute Gasteiger partial charge is 0.376 e. The molecule has 0 aromatic carbocycles. The quantitative estimate of drug-likeness (QED) is 0.738. The summed E-state index contributed by atoms with van der Waals surface area (Å²) in [7, 11) is 3.37. The van der Waals surface area contributed by atoms with Crippen LogP contribution in [-0.2, 0) is 18.9 Å². The average Bonchev–Trinajstić information content (AvgIpc) is 2.17. The molecular weight excluding hydrogens is 208 g/mol. The molecule has 0 radical (unpaired) electrons. The number of methoxy groups -OCH3 is 2. The topological polar surface area (TPSA) is 36.9 Å². The Labute approximate surface area is 98.2 Å². The molecule has 0 spiro atoms. The third-order valence-corrected chi connectivity index (χ3v) is 2.98. The first-order chi connectivity index (χ1) is 7.51. The van der Waals surface area contributed by atoms with Crippen LogP contribution in [0.3, 0.4) is 0 Å². The Morgan fingerprint density at radius 1 is 0.875 bits per heavy atom. The van der Waals surface area contributed by atoms with Crippen LogP contribution in [0, 0.1) is 0 Å². The molecule has 1 aliphatic heterocycles. The molecule has 96 valence electrons. The lowest BCUT2D eigenvalue weighted by atomic mass is 9.95. The van der Waals surface area contributed by atoms with Gasteiger partial charge >= 0.3 is 0 Å². The van der Waals surface area contributed by atoms with Crippen LogP contribution in [-0.4, -0.2) is 50.8 Å². The lowest BCUT2D eigenvalue weighted by Crippen LogP contribution is -2.58. The molecule has 0 N–H and O–H groups in total. The van der Waals surface area contributed by atoms with E-state index in [1.165, 1.54) is 0 Å². The molecule has 0 saturated carbocycles. The minimum absolute atomic E-state index is 0.0233. The Bertz CT molecular complexity index is 191. The van der Waals surface area contributed by atoms with E-state index in [2.05, 4.69) is 0 Å². The zero-order valence-corrected chi connectivity index (χ0v) is 11.1. The molecule has 4 atom stereocenters. The van der Waals surface area contributed by atoms with Gasteiger partial charge in [0, 0.05) is 14.2 Å². The summed E-state index contributed by atoms with van der Waals surface area (Å²) in [6.45, 7) is 8.05. The Balaban J connectivity index is 2.81. The predicted octanol–water partition coefficient (Wildman–Crippen LogP) is 1.62. The van der Waals surface area contributed by atoms with E-state index in [1.54, 1.807) is 14.2 Å². The highest BCUT2D eigenvalue weighted by Crippen LogP contribution is 2.27. The fourth-order valence-electron chi connectivity index (χ4n) is 2.34. The van der Waals surface area contributed by atoms with E-state index in [1.807, 2.05) is 27.7 Å². The van der Waals surface area contributed by atoms with Crippen LogP contribution in [0.25, 0.3) is 0 Å². The van der Waals surface area contributed by atoms with Crippen LogP contribution in [0.4, 0.5) is 0 Å². The number of ether oxygens (including phenoxy) is 4. The van der Waals surface area contributed by atoms with E-state index in [0.717, 1.165) is 0 Å². The molecule has 1 aliphatic rings. The molecule has 0 aromatic heterocycles. The lowest BCUT2D eigenvalue weighted by Gasteiger charge is -2.44. The standard InChI is InChI=1S/C12H24O4/c1-7(2)15-12-10(13-5)8(3)16-9(4)11(12)14-6/h7-12H,1-6H3/t8-,9-,10-,11-/m0/s1. The number of rotatable bonds is 4. The van der Waals surface area contributed by atoms with Gasteiger partial charge in [0.05, 0.1) is 18.3 Å². The third kappa shape index (κ3) is 2.94. The Hall–Kier alpha value is -0.160. The van der Waals surface area contributed by atoms with E-state index < -0.39 is 0 Å². The van der Waals surface area contributed by atoms with Gasteiger partial charge in [-0.25, -0.2) is 0 Å². The molecule has 1 rings (SSSR count). The molecule has 0 aromatic rings. The molecule has 0 aliphatic carbocycles. The first kappa shape index (κ1) is 13.9. The molecule has 1 heterocycles. The van der Waals surface area contributed by atoms with E-state index in [-0.39, 0.29) is 36.6 Å². The zero-order chi connectivity index (χ0) is 12.3. The second-order valence-corrected chi connectivity index (χ2v) is 4.60. The fourth-order valence-corrected chi connectivity index (χ4v) is 2.34. The molecule has 1 saturated heterocycles. The summed E-state index contributed by atoms with van der Waals surface area (Å²) in [4.78, 5) is 0. The average molecular weight is 232 g/mol. The highest BCUT2D eigenvalue weighted by atomic mass is 16.6. The summed E-state index contributed by atoms with van der Waals surface area (Å²) in [5.74, 6) is 0. The zero-order valence-electron chi connectivity index (χ0n) is 11.1. The first-order valence-electron chi connectivity index (χ1n) is 5.87. The predicted molar refractivity (Wildman–Crippen MR) is 61.6 cm³/mol. The Morgan fingerprint density at radius 3 is 1.62 bits per heavy atom. The van der Waals surface area contributed by atoms with Crippen molar-refractivity contribution >= 4 is 0 Å². The van der Waals surface area contributed by atoms with Crippen LogP contribution < -0.4 is 0 Å². The summed E-state index contributed by atoms with van der Waals surface area (Å²) < 4.78 is 22.6. The van der Waals surface area contributed by atoms with Gasteiger partial charge < -0.3 is 18.9 Å². The van der Waals surface area contributed by atoms with Gasteiger partial charge in [0.25, 0.3) is 0 Å². The highest BCUT2D eigenvalue weighted by Gasteiger charge is 2.44. The van der Waals surface area contributed by atoms with Gasteiger partial charge in [0.15, 0.2) is 0 Å². The minimum atomic E-state index is -0.0800. The molecule has 0 bridgehead atoms. The van der Waals surface area contributed by atoms with E-state index in [9.17, 15) is 0 Å². The van der Waals surface area contributed by atoms with Crippen LogP contribution >= 0.6 is 0 Å². The maximum Gasteiger partial charge on any atom is 0.115 e. The van der Waals surface area contributed by atoms with Crippen molar-refractivity contribution in [2.75, 3.05) is 14.2 Å². The first-order valence-corrected chi connectivity index (χ1v) is 5.87. The Kier molecular flexibility index (Phi) is 5.18. The summed E-state index contributed by atoms with van der Waals surface area (Å²) in [6.07, 6.45) is -0.0380. The molecule has 4 nitrogen and oxygen atoms in total. The van der Waals surface area contributed by atoms with Crippen molar-refractivity contribution < 1.29 is 18.9 Å². The molecule has 1 fully saturated rings. The summed E-state index contributed by atoms with van der Waals surface area (Å²) in [5.41, 5.74) is 0. The van der Waals surface area contributed by atoms with Crippen molar-refractivity contribution in [2.45, 2.75) is 64.3 Å². The summed E-state index contributed by atoms with van der Waals surface area (Å²) in [6, 6.07) is 0. The molecule has 4 heteroatoms. The van der Waals surface area contributed by atoms with E-state index in [4.69, 9.17) is 18.9 Å². The molecule has 16 heavy (non-hydrogen) atoms. The third-order valence-electron chi connectivity index (χ3n) is 2.98. The van der Waals surface area contributed by atoms with Crippen LogP contribution in [0.15, 0.2) is 0 Å². The second-order valence-electron chi connectivity index (χ2n) is 4.60. The van der Waals surface area contributed by atoms with Gasteiger partial charge in [-0.3, -0.25) is 0 Å². The maximum atomic E-state index is 5.91. The van der Waals surface area contributed by atoms with Crippen LogP contribution in [0.5, 0.6) is 0 Å². The van der Waals surface area contributed by atoms with Crippen molar-refractivity contribution in [1.29, 1.82) is 0 Å². The van der Waals surface area contributed by atoms with Crippen LogP contribution in [0.2, 0.25) is 0 Å². The van der Waals surface area contributed by atoms with Crippen molar-refractivity contribution in [3.8, 4) is 0 Å². The fraction of sp³-hybridized carbons (Fsp3) is 1.00. The second kappa shape index (κ2) is 5.96. The molecule has 0 amide bonds. The van der Waals surface area contributed by atoms with Crippen molar-refractivity contribution in [3.63, 3.8) is 0 Å². The number of hydrogen-bond donors (Lipinski definition) is 0.